The molecule has 4 nitrogen and oxygen atoms in total. The molecule has 1 N–H and O–H groups in total. The van der Waals surface area contributed by atoms with Gasteiger partial charge in [-0.3, -0.25) is 0 Å². The first-order valence-corrected chi connectivity index (χ1v) is 5.92. The average Bonchev–Trinajstić information content (AvgIpc) is 2.15. The summed E-state index contributed by atoms with van der Waals surface area (Å²) >= 11 is 0. The van der Waals surface area contributed by atoms with Crippen molar-refractivity contribution in [2.75, 3.05) is 19.7 Å². The highest BCUT2D eigenvalue weighted by Crippen LogP contribution is 2.24. The van der Waals surface area contributed by atoms with Gasteiger partial charge in [0, 0.05) is 19.7 Å². The van der Waals surface area contributed by atoms with Gasteiger partial charge in [0.05, 0.1) is 0 Å². The van der Waals surface area contributed by atoms with Gasteiger partial charge < -0.3 is 14.7 Å². The van der Waals surface area contributed by atoms with Crippen molar-refractivity contribution in [3.8, 4) is 0 Å². The zero-order valence-corrected chi connectivity index (χ0v) is 10.7. The predicted molar refractivity (Wildman–Crippen MR) is 62.2 cm³/mol. The van der Waals surface area contributed by atoms with Crippen LogP contribution in [0.25, 0.3) is 0 Å². The van der Waals surface area contributed by atoms with Gasteiger partial charge in [-0.15, -0.1) is 0 Å². The molecule has 16 heavy (non-hydrogen) atoms. The number of carbonyl (C=O) groups is 1. The van der Waals surface area contributed by atoms with E-state index in [2.05, 4.69) is 6.92 Å². The number of carbonyl (C=O) groups excluding carboxylic acids is 1. The van der Waals surface area contributed by atoms with E-state index in [0.717, 1.165) is 6.42 Å². The molecule has 1 aliphatic heterocycles. The number of rotatable bonds is 1. The average molecular weight is 229 g/mol. The zero-order chi connectivity index (χ0) is 12.3. The first-order valence-electron chi connectivity index (χ1n) is 5.92. The maximum absolute atomic E-state index is 11.8. The molecule has 0 aromatic carbocycles. The highest BCUT2D eigenvalue weighted by atomic mass is 16.6. The van der Waals surface area contributed by atoms with Crippen molar-refractivity contribution >= 4 is 6.09 Å². The third-order valence-electron chi connectivity index (χ3n) is 2.97. The number of likely N-dealkylation sites (tertiary alicyclic amines) is 1. The van der Waals surface area contributed by atoms with Crippen LogP contribution >= 0.6 is 0 Å². The summed E-state index contributed by atoms with van der Waals surface area (Å²) in [6.07, 6.45) is 0.618. The number of aliphatic hydroxyl groups is 1. The molecule has 0 spiro atoms. The van der Waals surface area contributed by atoms with Crippen molar-refractivity contribution in [3.05, 3.63) is 0 Å². The summed E-state index contributed by atoms with van der Waals surface area (Å²) in [5, 5.41) is 9.14. The third-order valence-corrected chi connectivity index (χ3v) is 2.97. The van der Waals surface area contributed by atoms with Gasteiger partial charge >= 0.3 is 6.09 Å². The Morgan fingerprint density at radius 2 is 2.12 bits per heavy atom. The Kier molecular flexibility index (Phi) is 4.19. The summed E-state index contributed by atoms with van der Waals surface area (Å²) in [7, 11) is 0. The fourth-order valence-corrected chi connectivity index (χ4v) is 1.96. The summed E-state index contributed by atoms with van der Waals surface area (Å²) in [4.78, 5) is 13.5. The van der Waals surface area contributed by atoms with Crippen molar-refractivity contribution in [2.45, 2.75) is 39.7 Å². The number of hydrogen-bond donors (Lipinski definition) is 1. The van der Waals surface area contributed by atoms with Crippen molar-refractivity contribution in [1.82, 2.24) is 4.90 Å². The molecule has 0 saturated carbocycles. The topological polar surface area (TPSA) is 49.8 Å². The lowest BCUT2D eigenvalue weighted by Gasteiger charge is -2.36. The van der Waals surface area contributed by atoms with Crippen molar-refractivity contribution in [1.29, 1.82) is 0 Å². The van der Waals surface area contributed by atoms with E-state index in [0.29, 0.717) is 24.9 Å². The van der Waals surface area contributed by atoms with Crippen molar-refractivity contribution < 1.29 is 14.6 Å². The van der Waals surface area contributed by atoms with E-state index in [4.69, 9.17) is 9.84 Å². The van der Waals surface area contributed by atoms with Gasteiger partial charge in [-0.05, 0) is 39.0 Å². The molecule has 1 saturated heterocycles. The Hall–Kier alpha value is -0.770. The van der Waals surface area contributed by atoms with Crippen LogP contribution in [0.4, 0.5) is 4.79 Å². The Labute approximate surface area is 97.6 Å². The highest BCUT2D eigenvalue weighted by Gasteiger charge is 2.30. The lowest BCUT2D eigenvalue weighted by Crippen LogP contribution is -2.45. The molecule has 1 aliphatic rings. The quantitative estimate of drug-likeness (QED) is 0.746. The van der Waals surface area contributed by atoms with Gasteiger partial charge in [0.25, 0.3) is 0 Å². The van der Waals surface area contributed by atoms with Gasteiger partial charge in [-0.2, -0.15) is 0 Å². The number of aliphatic hydroxyl groups excluding tert-OH is 1. The summed E-state index contributed by atoms with van der Waals surface area (Å²) in [6, 6.07) is 0. The summed E-state index contributed by atoms with van der Waals surface area (Å²) in [5.41, 5.74) is -0.436. The second kappa shape index (κ2) is 5.04. The fraction of sp³-hybridized carbons (Fsp3) is 0.917. The van der Waals surface area contributed by atoms with E-state index in [1.54, 1.807) is 4.90 Å². The first-order chi connectivity index (χ1) is 7.33. The molecular weight excluding hydrogens is 206 g/mol. The lowest BCUT2D eigenvalue weighted by atomic mass is 9.88. The van der Waals surface area contributed by atoms with Crippen LogP contribution in [0.1, 0.15) is 34.1 Å². The largest absolute Gasteiger partial charge is 0.444 e. The van der Waals surface area contributed by atoms with Crippen LogP contribution in [0.15, 0.2) is 0 Å². The molecule has 1 amide bonds. The normalized spacial score (nSPS) is 26.7. The highest BCUT2D eigenvalue weighted by molar-refractivity contribution is 5.68. The molecule has 0 radical (unpaired) electrons. The van der Waals surface area contributed by atoms with E-state index < -0.39 is 5.60 Å². The molecule has 4 heteroatoms. The number of piperidine rings is 1. The summed E-state index contributed by atoms with van der Waals surface area (Å²) in [6.45, 7) is 9.25. The molecule has 1 heterocycles. The van der Waals surface area contributed by atoms with Crippen molar-refractivity contribution in [2.24, 2.45) is 11.8 Å². The van der Waals surface area contributed by atoms with Crippen LogP contribution in [-0.4, -0.2) is 41.4 Å². The maximum Gasteiger partial charge on any atom is 0.410 e. The summed E-state index contributed by atoms with van der Waals surface area (Å²) in [5.74, 6) is 0.657. The SMILES string of the molecule is C[C@@H]1CN(C(=O)OC(C)(C)C)CC[C@@H]1CO. The van der Waals surface area contributed by atoms with E-state index in [1.807, 2.05) is 20.8 Å². The maximum atomic E-state index is 11.8. The molecule has 0 bridgehead atoms. The molecular formula is C12H23NO3. The van der Waals surface area contributed by atoms with E-state index in [-0.39, 0.29) is 12.7 Å². The van der Waals surface area contributed by atoms with Crippen LogP contribution in [0, 0.1) is 11.8 Å². The lowest BCUT2D eigenvalue weighted by molar-refractivity contribution is 0.00695. The summed E-state index contributed by atoms with van der Waals surface area (Å²) < 4.78 is 5.32. The number of ether oxygens (including phenoxy) is 1. The third kappa shape index (κ3) is 3.67. The Morgan fingerprint density at radius 1 is 1.50 bits per heavy atom. The second-order valence-corrected chi connectivity index (χ2v) is 5.63. The zero-order valence-electron chi connectivity index (χ0n) is 10.7. The minimum atomic E-state index is -0.436. The Balaban J connectivity index is 2.48. The van der Waals surface area contributed by atoms with Gasteiger partial charge in [0.1, 0.15) is 5.60 Å². The first kappa shape index (κ1) is 13.3. The smallest absolute Gasteiger partial charge is 0.410 e. The monoisotopic (exact) mass is 229 g/mol. The molecule has 0 aromatic heterocycles. The predicted octanol–water partition coefficient (Wildman–Crippen LogP) is 1.87. The van der Waals surface area contributed by atoms with Gasteiger partial charge in [-0.1, -0.05) is 6.92 Å². The standard InChI is InChI=1S/C12H23NO3/c1-9-7-13(6-5-10(9)8-14)11(15)16-12(2,3)4/h9-10,14H,5-8H2,1-4H3/t9-,10-/m1/s1. The van der Waals surface area contributed by atoms with E-state index >= 15 is 0 Å². The Morgan fingerprint density at radius 3 is 2.56 bits per heavy atom. The van der Waals surface area contributed by atoms with E-state index in [1.165, 1.54) is 0 Å². The molecule has 94 valence electrons. The van der Waals surface area contributed by atoms with Gasteiger partial charge in [-0.25, -0.2) is 4.79 Å². The number of nitrogens with zero attached hydrogens (tertiary/aromatic N) is 1. The Bertz CT molecular complexity index is 247. The molecule has 0 aliphatic carbocycles. The minimum Gasteiger partial charge on any atom is -0.444 e. The number of amides is 1. The minimum absolute atomic E-state index is 0.212. The van der Waals surface area contributed by atoms with Gasteiger partial charge in [0.2, 0.25) is 0 Å². The van der Waals surface area contributed by atoms with Crippen LogP contribution in [0.3, 0.4) is 0 Å². The van der Waals surface area contributed by atoms with Crippen molar-refractivity contribution in [3.63, 3.8) is 0 Å². The van der Waals surface area contributed by atoms with Crippen LogP contribution < -0.4 is 0 Å². The molecule has 1 rings (SSSR count). The van der Waals surface area contributed by atoms with Gasteiger partial charge in [0.15, 0.2) is 0 Å². The van der Waals surface area contributed by atoms with Crippen LogP contribution in [0.2, 0.25) is 0 Å². The molecule has 1 fully saturated rings. The second-order valence-electron chi connectivity index (χ2n) is 5.63. The van der Waals surface area contributed by atoms with E-state index in [9.17, 15) is 4.79 Å². The number of hydrogen-bond acceptors (Lipinski definition) is 3. The molecule has 0 unspecified atom stereocenters. The van der Waals surface area contributed by atoms with Crippen LogP contribution in [0.5, 0.6) is 0 Å². The molecule has 0 aromatic rings. The molecule has 2 atom stereocenters. The fourth-order valence-electron chi connectivity index (χ4n) is 1.96. The van der Waals surface area contributed by atoms with Crippen LogP contribution in [-0.2, 0) is 4.74 Å².